The lowest BCUT2D eigenvalue weighted by Gasteiger charge is -2.07. The first kappa shape index (κ1) is 38.0. The van der Waals surface area contributed by atoms with Crippen molar-refractivity contribution in [3.05, 3.63) is 0 Å². The summed E-state index contributed by atoms with van der Waals surface area (Å²) in [6.07, 6.45) is 0. The van der Waals surface area contributed by atoms with Crippen LogP contribution in [0.15, 0.2) is 0 Å². The first-order valence-corrected chi connectivity index (χ1v) is 6.14. The van der Waals surface area contributed by atoms with Crippen molar-refractivity contribution in [2.45, 2.75) is 0 Å². The van der Waals surface area contributed by atoms with E-state index in [0.29, 0.717) is 13.1 Å². The predicted molar refractivity (Wildman–Crippen MR) is 106 cm³/mol. The number of hydrogen-bond donors (Lipinski definition) is 6. The normalized spacial score (nSPS) is 8.29. The zero-order chi connectivity index (χ0) is 11.9. The van der Waals surface area contributed by atoms with Crippen LogP contribution in [0.1, 0.15) is 0 Å². The molecule has 0 aliphatic rings. The third kappa shape index (κ3) is 38.8. The molecule has 6 nitrogen and oxygen atoms in total. The highest BCUT2D eigenvalue weighted by molar-refractivity contribution is 5.86. The Balaban J connectivity index is -0.000000112. The van der Waals surface area contributed by atoms with Gasteiger partial charge in [0.2, 0.25) is 0 Å². The van der Waals surface area contributed by atoms with Crippen molar-refractivity contribution < 1.29 is 0 Å². The molecule has 0 radical (unpaired) electrons. The summed E-state index contributed by atoms with van der Waals surface area (Å²) in [6.45, 7) is 9.15. The van der Waals surface area contributed by atoms with Crippen LogP contribution in [-0.2, 0) is 0 Å². The molecule has 0 aliphatic heterocycles. The molecule has 8 N–H and O–H groups in total. The topological polar surface area (TPSA) is 100 Å². The van der Waals surface area contributed by atoms with Crippen molar-refractivity contribution in [2.24, 2.45) is 11.5 Å². The maximum Gasteiger partial charge on any atom is 0.00772 e. The zero-order valence-corrected chi connectivity index (χ0v) is 16.3. The molecule has 0 rings (SSSR count). The molecule has 0 saturated heterocycles. The second-order valence-electron chi connectivity index (χ2n) is 3.58. The van der Waals surface area contributed by atoms with Crippen LogP contribution in [0.3, 0.4) is 0 Å². The zero-order valence-electron chi connectivity index (χ0n) is 12.3. The average Bonchev–Trinajstić information content (AvgIpc) is 2.31. The lowest BCUT2D eigenvalue weighted by molar-refractivity contribution is 0.569. The Morgan fingerprint density at radius 1 is 0.381 bits per heavy atom. The van der Waals surface area contributed by atoms with E-state index in [1.54, 1.807) is 0 Å². The van der Waals surface area contributed by atoms with Crippen molar-refractivity contribution >= 4 is 62.0 Å². The molecule has 0 spiro atoms. The number of hydrogen-bond acceptors (Lipinski definition) is 6. The van der Waals surface area contributed by atoms with Crippen LogP contribution < -0.4 is 32.7 Å². The maximum atomic E-state index is 5.35. The highest BCUT2D eigenvalue weighted by Crippen LogP contribution is 1.62. The van der Waals surface area contributed by atoms with Crippen LogP contribution in [-0.4, -0.2) is 65.4 Å². The Morgan fingerprint density at radius 2 is 0.571 bits per heavy atom. The van der Waals surface area contributed by atoms with Gasteiger partial charge in [-0.05, 0) is 0 Å². The minimum Gasteiger partial charge on any atom is -0.329 e. The third-order valence-corrected chi connectivity index (χ3v) is 2.08. The van der Waals surface area contributed by atoms with Gasteiger partial charge in [0, 0.05) is 65.4 Å². The van der Waals surface area contributed by atoms with Gasteiger partial charge in [0.15, 0.2) is 0 Å². The molecule has 0 atom stereocenters. The van der Waals surface area contributed by atoms with Crippen molar-refractivity contribution in [3.8, 4) is 0 Å². The highest BCUT2D eigenvalue weighted by Gasteiger charge is 1.88. The SMILES string of the molecule is Cl.Cl.Cl.Cl.Cl.NCCNCCNCCNCCNCCN. The van der Waals surface area contributed by atoms with Crippen LogP contribution in [0, 0.1) is 0 Å². The monoisotopic (exact) mass is 412 g/mol. The van der Waals surface area contributed by atoms with E-state index in [0.717, 1.165) is 52.4 Å². The van der Waals surface area contributed by atoms with Gasteiger partial charge in [0.1, 0.15) is 0 Å². The fraction of sp³-hybridized carbons (Fsp3) is 1.00. The number of nitrogens with one attached hydrogen (secondary N) is 4. The molecular formula is C10H33Cl5N6. The van der Waals surface area contributed by atoms with Crippen molar-refractivity contribution in [3.63, 3.8) is 0 Å². The van der Waals surface area contributed by atoms with Gasteiger partial charge >= 0.3 is 0 Å². The lowest BCUT2D eigenvalue weighted by Crippen LogP contribution is -2.36. The summed E-state index contributed by atoms with van der Waals surface area (Å²) in [5, 5.41) is 13.1. The summed E-state index contributed by atoms with van der Waals surface area (Å²) in [4.78, 5) is 0. The van der Waals surface area contributed by atoms with Crippen molar-refractivity contribution in [2.75, 3.05) is 65.4 Å². The van der Waals surface area contributed by atoms with Gasteiger partial charge in [-0.3, -0.25) is 0 Å². The number of nitrogens with two attached hydrogens (primary N) is 2. The standard InChI is InChI=1S/C10H28N6.5ClH/c11-1-3-13-5-7-15-9-10-16-8-6-14-4-2-12;;;;;/h13-16H,1-12H2;5*1H. The summed E-state index contributed by atoms with van der Waals surface area (Å²) < 4.78 is 0. The quantitative estimate of drug-likeness (QED) is 0.225. The van der Waals surface area contributed by atoms with E-state index in [9.17, 15) is 0 Å². The van der Waals surface area contributed by atoms with E-state index >= 15 is 0 Å². The van der Waals surface area contributed by atoms with E-state index in [1.165, 1.54) is 0 Å². The van der Waals surface area contributed by atoms with Gasteiger partial charge in [-0.25, -0.2) is 0 Å². The lowest BCUT2D eigenvalue weighted by atomic mass is 10.5. The van der Waals surface area contributed by atoms with Crippen molar-refractivity contribution in [1.82, 2.24) is 21.3 Å². The average molecular weight is 415 g/mol. The Hall–Kier alpha value is 1.21. The molecule has 11 heteroatoms. The second kappa shape index (κ2) is 37.4. The molecule has 138 valence electrons. The molecule has 0 fully saturated rings. The van der Waals surface area contributed by atoms with Crippen molar-refractivity contribution in [1.29, 1.82) is 0 Å². The molecular weight excluding hydrogens is 381 g/mol. The third-order valence-electron chi connectivity index (χ3n) is 2.08. The minimum absolute atomic E-state index is 0. The highest BCUT2D eigenvalue weighted by atomic mass is 35.5. The van der Waals surface area contributed by atoms with E-state index in [1.807, 2.05) is 0 Å². The molecule has 21 heavy (non-hydrogen) atoms. The summed E-state index contributed by atoms with van der Waals surface area (Å²) in [5.41, 5.74) is 10.7. The van der Waals surface area contributed by atoms with Gasteiger partial charge in [-0.15, -0.1) is 62.0 Å². The van der Waals surface area contributed by atoms with E-state index in [4.69, 9.17) is 11.5 Å². The Morgan fingerprint density at radius 3 is 0.762 bits per heavy atom. The molecule has 0 bridgehead atoms. The first-order valence-electron chi connectivity index (χ1n) is 6.14. The molecule has 0 aromatic carbocycles. The fourth-order valence-corrected chi connectivity index (χ4v) is 1.23. The molecule has 0 heterocycles. The molecule has 0 aromatic heterocycles. The Labute approximate surface area is 160 Å². The number of halogens is 5. The maximum absolute atomic E-state index is 5.35. The van der Waals surface area contributed by atoms with Gasteiger partial charge < -0.3 is 32.7 Å². The van der Waals surface area contributed by atoms with E-state index < -0.39 is 0 Å². The molecule has 0 saturated carbocycles. The van der Waals surface area contributed by atoms with Crippen LogP contribution in [0.2, 0.25) is 0 Å². The predicted octanol–water partition coefficient (Wildman–Crippen LogP) is -0.629. The van der Waals surface area contributed by atoms with Gasteiger partial charge in [-0.2, -0.15) is 0 Å². The molecule has 0 amide bonds. The second-order valence-corrected chi connectivity index (χ2v) is 3.58. The van der Waals surface area contributed by atoms with Gasteiger partial charge in [0.05, 0.1) is 0 Å². The van der Waals surface area contributed by atoms with E-state index in [2.05, 4.69) is 21.3 Å². The summed E-state index contributed by atoms with van der Waals surface area (Å²) >= 11 is 0. The summed E-state index contributed by atoms with van der Waals surface area (Å²) in [5.74, 6) is 0. The molecule has 0 aliphatic carbocycles. The molecule has 0 unspecified atom stereocenters. The van der Waals surface area contributed by atoms with Crippen LogP contribution in [0.5, 0.6) is 0 Å². The largest absolute Gasteiger partial charge is 0.329 e. The van der Waals surface area contributed by atoms with Gasteiger partial charge in [-0.1, -0.05) is 0 Å². The fourth-order valence-electron chi connectivity index (χ4n) is 1.23. The van der Waals surface area contributed by atoms with Crippen LogP contribution in [0.25, 0.3) is 0 Å². The summed E-state index contributed by atoms with van der Waals surface area (Å²) in [7, 11) is 0. The Kier molecular flexibility index (Phi) is 67.8. The number of rotatable bonds is 13. The summed E-state index contributed by atoms with van der Waals surface area (Å²) in [6, 6.07) is 0. The Bertz CT molecular complexity index is 125. The van der Waals surface area contributed by atoms with Crippen LogP contribution in [0.4, 0.5) is 0 Å². The smallest absolute Gasteiger partial charge is 0.00772 e. The van der Waals surface area contributed by atoms with E-state index in [-0.39, 0.29) is 62.0 Å². The van der Waals surface area contributed by atoms with Gasteiger partial charge in [0.25, 0.3) is 0 Å². The molecule has 0 aromatic rings. The first-order chi connectivity index (χ1) is 7.91. The van der Waals surface area contributed by atoms with Crippen LogP contribution >= 0.6 is 62.0 Å². The minimum atomic E-state index is 0.